The van der Waals surface area contributed by atoms with Gasteiger partial charge in [0, 0.05) is 0 Å². The van der Waals surface area contributed by atoms with Gasteiger partial charge in [-0.3, -0.25) is 0 Å². The van der Waals surface area contributed by atoms with Crippen molar-refractivity contribution in [2.24, 2.45) is 17.8 Å². The molecule has 0 spiro atoms. The molecular weight excluding hydrogens is 258 g/mol. The van der Waals surface area contributed by atoms with Crippen LogP contribution in [0.4, 0.5) is 0 Å². The molecule has 0 amide bonds. The summed E-state index contributed by atoms with van der Waals surface area (Å²) in [6.45, 7) is 12.4. The number of ether oxygens (including phenoxy) is 1. The Balaban J connectivity index is 1.87. The topological polar surface area (TPSA) is 21.3 Å². The Morgan fingerprint density at radius 1 is 1.10 bits per heavy atom. The lowest BCUT2D eigenvalue weighted by Gasteiger charge is -2.30. The van der Waals surface area contributed by atoms with Crippen molar-refractivity contribution in [2.45, 2.75) is 46.5 Å². The summed E-state index contributed by atoms with van der Waals surface area (Å²) in [6, 6.07) is 8.56. The molecule has 0 bridgehead atoms. The standard InChI is InChI=1S/C19H31NO/c1-14(2)12-20-13-16(4)15(3)11-17-9-10-21-19-8-6-5-7-18(17)19/h5-8,14-17,20H,9-13H2,1-4H3. The van der Waals surface area contributed by atoms with Crippen LogP contribution in [0.1, 0.15) is 52.0 Å². The molecule has 2 rings (SSSR count). The first-order valence-electron chi connectivity index (χ1n) is 8.50. The van der Waals surface area contributed by atoms with Crippen LogP contribution in [0, 0.1) is 17.8 Å². The Bertz CT molecular complexity index is 429. The van der Waals surface area contributed by atoms with Gasteiger partial charge in [0.15, 0.2) is 0 Å². The van der Waals surface area contributed by atoms with Gasteiger partial charge < -0.3 is 10.1 Å². The SMILES string of the molecule is CC(C)CNCC(C)C(C)CC1CCOc2ccccc21. The van der Waals surface area contributed by atoms with Gasteiger partial charge in [-0.2, -0.15) is 0 Å². The lowest BCUT2D eigenvalue weighted by Crippen LogP contribution is -2.29. The first kappa shape index (κ1) is 16.4. The Morgan fingerprint density at radius 2 is 1.86 bits per heavy atom. The fourth-order valence-electron chi connectivity index (χ4n) is 3.14. The molecule has 0 aromatic heterocycles. The molecule has 1 heterocycles. The van der Waals surface area contributed by atoms with E-state index >= 15 is 0 Å². The normalized spacial score (nSPS) is 20.7. The predicted octanol–water partition coefficient (Wildman–Crippen LogP) is 4.46. The summed E-state index contributed by atoms with van der Waals surface area (Å²) in [7, 11) is 0. The van der Waals surface area contributed by atoms with Crippen molar-refractivity contribution >= 4 is 0 Å². The summed E-state index contributed by atoms with van der Waals surface area (Å²) in [4.78, 5) is 0. The fourth-order valence-corrected chi connectivity index (χ4v) is 3.14. The van der Waals surface area contributed by atoms with Crippen molar-refractivity contribution in [3.8, 4) is 5.75 Å². The average molecular weight is 289 g/mol. The Hall–Kier alpha value is -1.02. The maximum atomic E-state index is 5.77. The molecule has 1 aromatic rings. The van der Waals surface area contributed by atoms with Crippen LogP contribution < -0.4 is 10.1 Å². The lowest BCUT2D eigenvalue weighted by molar-refractivity contribution is 0.238. The van der Waals surface area contributed by atoms with Gasteiger partial charge in [-0.15, -0.1) is 0 Å². The van der Waals surface area contributed by atoms with Crippen molar-refractivity contribution < 1.29 is 4.74 Å². The number of para-hydroxylation sites is 1. The summed E-state index contributed by atoms with van der Waals surface area (Å²) in [6.07, 6.45) is 2.43. The van der Waals surface area contributed by atoms with Crippen LogP contribution >= 0.6 is 0 Å². The Kier molecular flexibility index (Phi) is 6.10. The largest absolute Gasteiger partial charge is 0.493 e. The molecule has 21 heavy (non-hydrogen) atoms. The van der Waals surface area contributed by atoms with Crippen LogP contribution in [0.15, 0.2) is 24.3 Å². The van der Waals surface area contributed by atoms with E-state index in [4.69, 9.17) is 4.74 Å². The number of nitrogens with one attached hydrogen (secondary N) is 1. The van der Waals surface area contributed by atoms with E-state index in [-0.39, 0.29) is 0 Å². The molecule has 0 aliphatic carbocycles. The van der Waals surface area contributed by atoms with Crippen LogP contribution in [0.2, 0.25) is 0 Å². The van der Waals surface area contributed by atoms with Crippen molar-refractivity contribution in [1.29, 1.82) is 0 Å². The van der Waals surface area contributed by atoms with E-state index in [0.29, 0.717) is 5.92 Å². The minimum absolute atomic E-state index is 0.664. The highest BCUT2D eigenvalue weighted by atomic mass is 16.5. The van der Waals surface area contributed by atoms with Crippen LogP contribution in [0.3, 0.4) is 0 Å². The summed E-state index contributed by atoms with van der Waals surface area (Å²) < 4.78 is 5.77. The van der Waals surface area contributed by atoms with E-state index in [1.165, 1.54) is 12.0 Å². The zero-order valence-corrected chi connectivity index (χ0v) is 14.1. The first-order valence-corrected chi connectivity index (χ1v) is 8.50. The van der Waals surface area contributed by atoms with E-state index in [0.717, 1.165) is 49.6 Å². The van der Waals surface area contributed by atoms with Crippen molar-refractivity contribution in [3.05, 3.63) is 29.8 Å². The quantitative estimate of drug-likeness (QED) is 0.800. The van der Waals surface area contributed by atoms with Crippen LogP contribution in [0.25, 0.3) is 0 Å². The summed E-state index contributed by atoms with van der Waals surface area (Å²) >= 11 is 0. The third-order valence-electron chi connectivity index (χ3n) is 4.73. The molecule has 1 aliphatic heterocycles. The van der Waals surface area contributed by atoms with E-state index in [1.54, 1.807) is 0 Å². The molecule has 2 nitrogen and oxygen atoms in total. The second kappa shape index (κ2) is 7.84. The number of benzene rings is 1. The van der Waals surface area contributed by atoms with Crippen molar-refractivity contribution in [1.82, 2.24) is 5.32 Å². The van der Waals surface area contributed by atoms with Gasteiger partial charge in [-0.25, -0.2) is 0 Å². The lowest BCUT2D eigenvalue weighted by atomic mass is 9.81. The molecule has 3 atom stereocenters. The van der Waals surface area contributed by atoms with E-state index in [2.05, 4.69) is 57.3 Å². The van der Waals surface area contributed by atoms with Crippen molar-refractivity contribution in [3.63, 3.8) is 0 Å². The number of rotatable bonds is 7. The predicted molar refractivity (Wildman–Crippen MR) is 89.9 cm³/mol. The van der Waals surface area contributed by atoms with Crippen LogP contribution in [-0.4, -0.2) is 19.7 Å². The highest BCUT2D eigenvalue weighted by Gasteiger charge is 2.24. The second-order valence-corrected chi connectivity index (χ2v) is 7.11. The highest BCUT2D eigenvalue weighted by molar-refractivity contribution is 5.37. The minimum atomic E-state index is 0.664. The summed E-state index contributed by atoms with van der Waals surface area (Å²) in [5, 5.41) is 3.60. The highest BCUT2D eigenvalue weighted by Crippen LogP contribution is 2.38. The molecule has 1 N–H and O–H groups in total. The number of fused-ring (bicyclic) bond motifs is 1. The second-order valence-electron chi connectivity index (χ2n) is 7.11. The van der Waals surface area contributed by atoms with E-state index in [1.807, 2.05) is 0 Å². The number of hydrogen-bond acceptors (Lipinski definition) is 2. The molecule has 1 aliphatic rings. The first-order chi connectivity index (χ1) is 10.1. The summed E-state index contributed by atoms with van der Waals surface area (Å²) in [5.41, 5.74) is 1.41. The maximum absolute atomic E-state index is 5.77. The molecule has 0 saturated carbocycles. The molecule has 0 fully saturated rings. The van der Waals surface area contributed by atoms with Crippen LogP contribution in [0.5, 0.6) is 5.75 Å². The zero-order valence-electron chi connectivity index (χ0n) is 14.1. The molecular formula is C19H31NO. The van der Waals surface area contributed by atoms with Crippen molar-refractivity contribution in [2.75, 3.05) is 19.7 Å². The number of hydrogen-bond donors (Lipinski definition) is 1. The maximum Gasteiger partial charge on any atom is 0.122 e. The van der Waals surface area contributed by atoms with Gasteiger partial charge >= 0.3 is 0 Å². The molecule has 2 heteroatoms. The Morgan fingerprint density at radius 3 is 2.62 bits per heavy atom. The van der Waals surface area contributed by atoms with Gasteiger partial charge in [0.2, 0.25) is 0 Å². The third kappa shape index (κ3) is 4.74. The molecule has 0 saturated heterocycles. The molecule has 0 radical (unpaired) electrons. The van der Waals surface area contributed by atoms with Crippen LogP contribution in [-0.2, 0) is 0 Å². The smallest absolute Gasteiger partial charge is 0.122 e. The Labute approximate surface area is 130 Å². The minimum Gasteiger partial charge on any atom is -0.493 e. The third-order valence-corrected chi connectivity index (χ3v) is 4.73. The van der Waals surface area contributed by atoms with Gasteiger partial charge in [-0.1, -0.05) is 45.9 Å². The molecule has 118 valence electrons. The van der Waals surface area contributed by atoms with E-state index < -0.39 is 0 Å². The molecule has 1 aromatic carbocycles. The van der Waals surface area contributed by atoms with Gasteiger partial charge in [-0.05, 0) is 61.2 Å². The van der Waals surface area contributed by atoms with Gasteiger partial charge in [0.1, 0.15) is 5.75 Å². The molecule has 3 unspecified atom stereocenters. The fraction of sp³-hybridized carbons (Fsp3) is 0.684. The zero-order chi connectivity index (χ0) is 15.2. The van der Waals surface area contributed by atoms with Gasteiger partial charge in [0.05, 0.1) is 6.61 Å². The monoisotopic (exact) mass is 289 g/mol. The summed E-state index contributed by atoms with van der Waals surface area (Å²) in [5.74, 6) is 3.96. The van der Waals surface area contributed by atoms with Gasteiger partial charge in [0.25, 0.3) is 0 Å². The van der Waals surface area contributed by atoms with E-state index in [9.17, 15) is 0 Å². The average Bonchev–Trinajstić information content (AvgIpc) is 2.47.